The van der Waals surface area contributed by atoms with Crippen LogP contribution in [0, 0.1) is 11.3 Å². The van der Waals surface area contributed by atoms with Crippen LogP contribution in [-0.4, -0.2) is 28.2 Å². The second-order valence-corrected chi connectivity index (χ2v) is 7.87. The lowest BCUT2D eigenvalue weighted by Gasteiger charge is -2.27. The van der Waals surface area contributed by atoms with E-state index in [9.17, 15) is 14.9 Å². The number of rotatable bonds is 5. The van der Waals surface area contributed by atoms with Crippen molar-refractivity contribution >= 4 is 34.2 Å². The first-order valence-corrected chi connectivity index (χ1v) is 10.2. The molecule has 0 saturated carbocycles. The number of thiophene rings is 1. The van der Waals surface area contributed by atoms with Crippen LogP contribution in [0.2, 0.25) is 0 Å². The van der Waals surface area contributed by atoms with Crippen LogP contribution >= 0.6 is 11.3 Å². The van der Waals surface area contributed by atoms with Gasteiger partial charge in [0.25, 0.3) is 0 Å². The number of hydrogen-bond acceptors (Lipinski definition) is 6. The van der Waals surface area contributed by atoms with Crippen LogP contribution in [0.1, 0.15) is 27.3 Å². The SMILES string of the molecule is N#Cc1c(NC(=O)C=Cc2ccco2)sc2c1CCN(C(=O)Cc1cccnc1)C2. The Balaban J connectivity index is 1.46. The number of hydrogen-bond donors (Lipinski definition) is 1. The van der Waals surface area contributed by atoms with E-state index in [0.29, 0.717) is 42.3 Å². The van der Waals surface area contributed by atoms with E-state index >= 15 is 0 Å². The maximum Gasteiger partial charge on any atom is 0.249 e. The molecule has 4 heterocycles. The van der Waals surface area contributed by atoms with Gasteiger partial charge in [-0.05, 0) is 41.8 Å². The summed E-state index contributed by atoms with van der Waals surface area (Å²) in [6, 6.07) is 9.37. The highest BCUT2D eigenvalue weighted by Gasteiger charge is 2.27. The molecule has 1 N–H and O–H groups in total. The van der Waals surface area contributed by atoms with E-state index in [0.717, 1.165) is 16.0 Å². The Morgan fingerprint density at radius 3 is 3.00 bits per heavy atom. The van der Waals surface area contributed by atoms with E-state index in [-0.39, 0.29) is 11.8 Å². The summed E-state index contributed by atoms with van der Waals surface area (Å²) in [5.41, 5.74) is 2.26. The van der Waals surface area contributed by atoms with Crippen molar-refractivity contribution in [1.82, 2.24) is 9.88 Å². The van der Waals surface area contributed by atoms with E-state index < -0.39 is 0 Å². The minimum Gasteiger partial charge on any atom is -0.465 e. The summed E-state index contributed by atoms with van der Waals surface area (Å²) in [6.45, 7) is 0.981. The van der Waals surface area contributed by atoms with Crippen LogP contribution in [0.25, 0.3) is 6.08 Å². The van der Waals surface area contributed by atoms with Crippen LogP contribution in [0.3, 0.4) is 0 Å². The van der Waals surface area contributed by atoms with E-state index in [1.165, 1.54) is 23.7 Å². The molecule has 150 valence electrons. The van der Waals surface area contributed by atoms with Crippen LogP contribution in [-0.2, 0) is 29.0 Å². The number of furan rings is 1. The Hall–Kier alpha value is -3.70. The second-order valence-electron chi connectivity index (χ2n) is 6.76. The number of nitriles is 1. The number of carbonyl (C=O) groups excluding carboxylic acids is 2. The number of pyridine rings is 1. The fourth-order valence-electron chi connectivity index (χ4n) is 3.31. The molecule has 8 heteroatoms. The number of amides is 2. The summed E-state index contributed by atoms with van der Waals surface area (Å²) in [5.74, 6) is 0.248. The Labute approximate surface area is 177 Å². The molecule has 4 rings (SSSR count). The maximum atomic E-state index is 12.7. The smallest absolute Gasteiger partial charge is 0.249 e. The third-order valence-corrected chi connectivity index (χ3v) is 5.91. The molecule has 0 atom stereocenters. The fraction of sp³-hybridized carbons (Fsp3) is 0.182. The van der Waals surface area contributed by atoms with Crippen LogP contribution < -0.4 is 5.32 Å². The molecule has 0 radical (unpaired) electrons. The lowest BCUT2D eigenvalue weighted by molar-refractivity contribution is -0.131. The number of carbonyl (C=O) groups is 2. The van der Waals surface area contributed by atoms with Crippen molar-refractivity contribution in [3.8, 4) is 6.07 Å². The average Bonchev–Trinajstić information content (AvgIpc) is 3.39. The molecule has 1 aliphatic heterocycles. The maximum absolute atomic E-state index is 12.7. The Bertz CT molecular complexity index is 1130. The van der Waals surface area contributed by atoms with Gasteiger partial charge in [-0.3, -0.25) is 14.6 Å². The van der Waals surface area contributed by atoms with Gasteiger partial charge in [0.05, 0.1) is 24.8 Å². The molecule has 7 nitrogen and oxygen atoms in total. The van der Waals surface area contributed by atoms with Crippen molar-refractivity contribution in [2.75, 3.05) is 11.9 Å². The standard InChI is InChI=1S/C22H18N4O3S/c23-12-18-17-7-9-26(21(28)11-15-3-1-8-24-13-15)14-19(17)30-22(18)25-20(27)6-5-16-4-2-10-29-16/h1-6,8,10,13H,7,9,11,14H2,(H,25,27). The number of nitrogens with zero attached hydrogens (tertiary/aromatic N) is 3. The van der Waals surface area contributed by atoms with E-state index in [4.69, 9.17) is 4.42 Å². The lowest BCUT2D eigenvalue weighted by atomic mass is 10.0. The summed E-state index contributed by atoms with van der Waals surface area (Å²) < 4.78 is 5.16. The normalized spacial score (nSPS) is 13.1. The molecule has 0 aliphatic carbocycles. The molecule has 0 bridgehead atoms. The molecule has 3 aromatic rings. The van der Waals surface area contributed by atoms with Crippen molar-refractivity contribution in [1.29, 1.82) is 5.26 Å². The van der Waals surface area contributed by atoms with Crippen molar-refractivity contribution in [3.05, 3.63) is 76.3 Å². The highest BCUT2D eigenvalue weighted by atomic mass is 32.1. The van der Waals surface area contributed by atoms with Gasteiger partial charge in [0.15, 0.2) is 0 Å². The highest BCUT2D eigenvalue weighted by molar-refractivity contribution is 7.16. The molecule has 0 unspecified atom stereocenters. The Morgan fingerprint density at radius 1 is 1.37 bits per heavy atom. The molecule has 3 aromatic heterocycles. The average molecular weight is 418 g/mol. The van der Waals surface area contributed by atoms with Crippen LogP contribution in [0.5, 0.6) is 0 Å². The Kier molecular flexibility index (Phi) is 5.72. The summed E-state index contributed by atoms with van der Waals surface area (Å²) in [7, 11) is 0. The van der Waals surface area contributed by atoms with Gasteiger partial charge in [0.1, 0.15) is 16.8 Å². The van der Waals surface area contributed by atoms with Gasteiger partial charge in [0, 0.05) is 29.9 Å². The molecule has 0 spiro atoms. The van der Waals surface area contributed by atoms with Gasteiger partial charge in [-0.2, -0.15) is 5.26 Å². The predicted octanol–water partition coefficient (Wildman–Crippen LogP) is 3.39. The summed E-state index contributed by atoms with van der Waals surface area (Å²) in [5, 5.41) is 12.9. The zero-order valence-electron chi connectivity index (χ0n) is 16.0. The predicted molar refractivity (Wildman–Crippen MR) is 112 cm³/mol. The molecule has 0 saturated heterocycles. The summed E-state index contributed by atoms with van der Waals surface area (Å²) >= 11 is 1.35. The molecule has 0 fully saturated rings. The molecule has 2 amide bonds. The van der Waals surface area contributed by atoms with Gasteiger partial charge >= 0.3 is 0 Å². The number of nitrogens with one attached hydrogen (secondary N) is 1. The molecular weight excluding hydrogens is 400 g/mol. The zero-order valence-corrected chi connectivity index (χ0v) is 16.8. The Morgan fingerprint density at radius 2 is 2.27 bits per heavy atom. The molecule has 0 aromatic carbocycles. The number of aromatic nitrogens is 1. The molecule has 1 aliphatic rings. The number of fused-ring (bicyclic) bond motifs is 1. The van der Waals surface area contributed by atoms with Crippen molar-refractivity contribution in [2.45, 2.75) is 19.4 Å². The third-order valence-electron chi connectivity index (χ3n) is 4.78. The summed E-state index contributed by atoms with van der Waals surface area (Å²) in [4.78, 5) is 31.7. The largest absolute Gasteiger partial charge is 0.465 e. The lowest BCUT2D eigenvalue weighted by Crippen LogP contribution is -2.36. The monoisotopic (exact) mass is 418 g/mol. The van der Waals surface area contributed by atoms with E-state index in [1.54, 1.807) is 35.5 Å². The van der Waals surface area contributed by atoms with E-state index in [1.807, 2.05) is 12.1 Å². The van der Waals surface area contributed by atoms with Gasteiger partial charge in [0.2, 0.25) is 11.8 Å². The quantitative estimate of drug-likeness (QED) is 0.641. The van der Waals surface area contributed by atoms with Gasteiger partial charge in [-0.15, -0.1) is 11.3 Å². The first-order valence-electron chi connectivity index (χ1n) is 9.38. The van der Waals surface area contributed by atoms with Crippen molar-refractivity contribution < 1.29 is 14.0 Å². The first kappa shape index (κ1) is 19.6. The second kappa shape index (κ2) is 8.76. The molecular formula is C22H18N4O3S. The topological polar surface area (TPSA) is 99.2 Å². The van der Waals surface area contributed by atoms with Gasteiger partial charge < -0.3 is 14.6 Å². The highest BCUT2D eigenvalue weighted by Crippen LogP contribution is 2.36. The molecule has 30 heavy (non-hydrogen) atoms. The van der Waals surface area contributed by atoms with Crippen molar-refractivity contribution in [2.24, 2.45) is 0 Å². The van der Waals surface area contributed by atoms with Crippen molar-refractivity contribution in [3.63, 3.8) is 0 Å². The van der Waals surface area contributed by atoms with Gasteiger partial charge in [-0.25, -0.2) is 0 Å². The van der Waals surface area contributed by atoms with Crippen LogP contribution in [0.15, 0.2) is 53.4 Å². The zero-order chi connectivity index (χ0) is 20.9. The van der Waals surface area contributed by atoms with E-state index in [2.05, 4.69) is 16.4 Å². The first-order chi connectivity index (χ1) is 14.6. The van der Waals surface area contributed by atoms with Crippen LogP contribution in [0.4, 0.5) is 5.00 Å². The van der Waals surface area contributed by atoms with Gasteiger partial charge in [-0.1, -0.05) is 6.07 Å². The number of anilines is 1. The summed E-state index contributed by atoms with van der Waals surface area (Å²) in [6.07, 6.45) is 8.70. The third kappa shape index (κ3) is 4.31. The fourth-order valence-corrected chi connectivity index (χ4v) is 4.53. The minimum absolute atomic E-state index is 0.0209. The minimum atomic E-state index is -0.342.